The predicted molar refractivity (Wildman–Crippen MR) is 50.0 cm³/mol. The van der Waals surface area contributed by atoms with E-state index in [9.17, 15) is 10.2 Å². The number of phenols is 1. The standard InChI is InChI=1S/C10H14O3/c1-7(11)6-8-9(12)4-3-5-10(8)13-2/h3-5,7,11-12H,6H2,1-2H3. The van der Waals surface area contributed by atoms with Crippen molar-refractivity contribution >= 4 is 0 Å². The second-order valence-electron chi connectivity index (χ2n) is 3.01. The van der Waals surface area contributed by atoms with Crippen LogP contribution in [0.1, 0.15) is 12.5 Å². The fourth-order valence-corrected chi connectivity index (χ4v) is 1.25. The third kappa shape index (κ3) is 2.36. The Labute approximate surface area is 77.6 Å². The average Bonchev–Trinajstić information content (AvgIpc) is 2.08. The van der Waals surface area contributed by atoms with E-state index in [0.29, 0.717) is 17.7 Å². The number of ether oxygens (including phenoxy) is 1. The molecule has 1 aromatic carbocycles. The summed E-state index contributed by atoms with van der Waals surface area (Å²) in [5.74, 6) is 0.779. The van der Waals surface area contributed by atoms with Gasteiger partial charge < -0.3 is 14.9 Å². The van der Waals surface area contributed by atoms with Crippen molar-refractivity contribution in [2.45, 2.75) is 19.4 Å². The van der Waals surface area contributed by atoms with Crippen molar-refractivity contribution in [2.75, 3.05) is 7.11 Å². The highest BCUT2D eigenvalue weighted by atomic mass is 16.5. The Kier molecular flexibility index (Phi) is 3.14. The van der Waals surface area contributed by atoms with Gasteiger partial charge in [-0.3, -0.25) is 0 Å². The molecule has 0 aliphatic carbocycles. The first-order valence-electron chi connectivity index (χ1n) is 4.18. The molecule has 0 bridgehead atoms. The molecule has 1 rings (SSSR count). The van der Waals surface area contributed by atoms with Crippen LogP contribution in [0.15, 0.2) is 18.2 Å². The highest BCUT2D eigenvalue weighted by Crippen LogP contribution is 2.28. The molecule has 0 saturated carbocycles. The third-order valence-electron chi connectivity index (χ3n) is 1.83. The van der Waals surface area contributed by atoms with Crippen LogP contribution in [0.2, 0.25) is 0 Å². The lowest BCUT2D eigenvalue weighted by Gasteiger charge is -2.11. The van der Waals surface area contributed by atoms with Crippen LogP contribution in [0.25, 0.3) is 0 Å². The highest BCUT2D eigenvalue weighted by Gasteiger charge is 2.10. The first-order chi connectivity index (χ1) is 6.15. The van der Waals surface area contributed by atoms with Gasteiger partial charge in [0.2, 0.25) is 0 Å². The summed E-state index contributed by atoms with van der Waals surface area (Å²) in [6, 6.07) is 5.05. The maximum Gasteiger partial charge on any atom is 0.125 e. The maximum atomic E-state index is 9.48. The van der Waals surface area contributed by atoms with Crippen LogP contribution in [0.5, 0.6) is 11.5 Å². The Morgan fingerprint density at radius 2 is 2.15 bits per heavy atom. The van der Waals surface area contributed by atoms with Crippen molar-refractivity contribution in [1.82, 2.24) is 0 Å². The number of aliphatic hydroxyl groups excluding tert-OH is 1. The zero-order chi connectivity index (χ0) is 9.84. The summed E-state index contributed by atoms with van der Waals surface area (Å²) >= 11 is 0. The van der Waals surface area contributed by atoms with Gasteiger partial charge in [-0.05, 0) is 19.1 Å². The molecule has 0 fully saturated rings. The minimum absolute atomic E-state index is 0.167. The number of rotatable bonds is 3. The van der Waals surface area contributed by atoms with Gasteiger partial charge >= 0.3 is 0 Å². The lowest BCUT2D eigenvalue weighted by Crippen LogP contribution is -2.05. The normalized spacial score (nSPS) is 12.5. The molecular formula is C10H14O3. The minimum Gasteiger partial charge on any atom is -0.508 e. The van der Waals surface area contributed by atoms with Crippen molar-refractivity contribution < 1.29 is 14.9 Å². The van der Waals surface area contributed by atoms with Crippen molar-refractivity contribution in [3.8, 4) is 11.5 Å². The molecule has 0 aromatic heterocycles. The molecule has 0 amide bonds. The van der Waals surface area contributed by atoms with Gasteiger partial charge in [0.25, 0.3) is 0 Å². The molecule has 3 nitrogen and oxygen atoms in total. The number of aliphatic hydroxyl groups is 1. The molecule has 72 valence electrons. The fourth-order valence-electron chi connectivity index (χ4n) is 1.25. The molecule has 0 aliphatic rings. The van der Waals surface area contributed by atoms with E-state index in [4.69, 9.17) is 4.74 Å². The number of benzene rings is 1. The first kappa shape index (κ1) is 9.86. The van der Waals surface area contributed by atoms with Crippen molar-refractivity contribution in [1.29, 1.82) is 0 Å². The smallest absolute Gasteiger partial charge is 0.125 e. The number of hydrogen-bond donors (Lipinski definition) is 2. The summed E-state index contributed by atoms with van der Waals surface area (Å²) < 4.78 is 5.06. The van der Waals surface area contributed by atoms with Gasteiger partial charge in [-0.15, -0.1) is 0 Å². The van der Waals surface area contributed by atoms with Crippen molar-refractivity contribution in [2.24, 2.45) is 0 Å². The van der Waals surface area contributed by atoms with Crippen LogP contribution in [-0.2, 0) is 6.42 Å². The van der Waals surface area contributed by atoms with E-state index in [1.54, 1.807) is 32.2 Å². The number of phenolic OH excluding ortho intramolecular Hbond substituents is 1. The molecule has 3 heteroatoms. The third-order valence-corrected chi connectivity index (χ3v) is 1.83. The maximum absolute atomic E-state index is 9.48. The zero-order valence-electron chi connectivity index (χ0n) is 7.82. The number of hydrogen-bond acceptors (Lipinski definition) is 3. The van der Waals surface area contributed by atoms with Crippen LogP contribution in [0.4, 0.5) is 0 Å². The van der Waals surface area contributed by atoms with E-state index < -0.39 is 6.10 Å². The molecule has 1 atom stereocenters. The lowest BCUT2D eigenvalue weighted by atomic mass is 10.1. The van der Waals surface area contributed by atoms with E-state index in [1.165, 1.54) is 0 Å². The van der Waals surface area contributed by atoms with Crippen LogP contribution in [0, 0.1) is 0 Å². The summed E-state index contributed by atoms with van der Waals surface area (Å²) in [6.45, 7) is 1.67. The zero-order valence-corrected chi connectivity index (χ0v) is 7.82. The summed E-state index contributed by atoms with van der Waals surface area (Å²) in [5.41, 5.74) is 0.653. The van der Waals surface area contributed by atoms with E-state index in [2.05, 4.69) is 0 Å². The molecule has 0 spiro atoms. The van der Waals surface area contributed by atoms with E-state index in [0.717, 1.165) is 0 Å². The van der Waals surface area contributed by atoms with Gasteiger partial charge in [0.05, 0.1) is 13.2 Å². The molecule has 2 N–H and O–H groups in total. The summed E-state index contributed by atoms with van der Waals surface area (Å²) in [6.07, 6.45) is -0.0854. The summed E-state index contributed by atoms with van der Waals surface area (Å²) in [5, 5.41) is 18.7. The van der Waals surface area contributed by atoms with Crippen LogP contribution in [-0.4, -0.2) is 23.4 Å². The molecule has 0 heterocycles. The molecule has 1 unspecified atom stereocenters. The van der Waals surface area contributed by atoms with Crippen molar-refractivity contribution in [3.63, 3.8) is 0 Å². The topological polar surface area (TPSA) is 49.7 Å². The van der Waals surface area contributed by atoms with Gasteiger partial charge in [-0.25, -0.2) is 0 Å². The van der Waals surface area contributed by atoms with E-state index in [-0.39, 0.29) is 5.75 Å². The van der Waals surface area contributed by atoms with Crippen LogP contribution < -0.4 is 4.74 Å². The molecular weight excluding hydrogens is 168 g/mol. The van der Waals surface area contributed by atoms with Gasteiger partial charge in [-0.2, -0.15) is 0 Å². The van der Waals surface area contributed by atoms with Crippen LogP contribution in [0.3, 0.4) is 0 Å². The molecule has 13 heavy (non-hydrogen) atoms. The monoisotopic (exact) mass is 182 g/mol. The van der Waals surface area contributed by atoms with E-state index >= 15 is 0 Å². The Morgan fingerprint density at radius 3 is 2.69 bits per heavy atom. The van der Waals surface area contributed by atoms with Crippen molar-refractivity contribution in [3.05, 3.63) is 23.8 Å². The average molecular weight is 182 g/mol. The largest absolute Gasteiger partial charge is 0.508 e. The molecule has 0 saturated heterocycles. The minimum atomic E-state index is -0.484. The molecule has 0 aliphatic heterocycles. The second-order valence-corrected chi connectivity index (χ2v) is 3.01. The van der Waals surface area contributed by atoms with Gasteiger partial charge in [0.15, 0.2) is 0 Å². The number of aromatic hydroxyl groups is 1. The molecule has 0 radical (unpaired) electrons. The second kappa shape index (κ2) is 4.14. The Morgan fingerprint density at radius 1 is 1.46 bits per heavy atom. The fraction of sp³-hybridized carbons (Fsp3) is 0.400. The Hall–Kier alpha value is -1.22. The van der Waals surface area contributed by atoms with E-state index in [1.807, 2.05) is 0 Å². The van der Waals surface area contributed by atoms with Gasteiger partial charge in [0.1, 0.15) is 11.5 Å². The van der Waals surface area contributed by atoms with Crippen LogP contribution >= 0.6 is 0 Å². The Balaban J connectivity index is 3.00. The number of methoxy groups -OCH3 is 1. The predicted octanol–water partition coefficient (Wildman–Crippen LogP) is 1.32. The molecule has 1 aromatic rings. The summed E-state index contributed by atoms with van der Waals surface area (Å²) in [4.78, 5) is 0. The van der Waals surface area contributed by atoms with Gasteiger partial charge in [-0.1, -0.05) is 6.07 Å². The first-order valence-corrected chi connectivity index (χ1v) is 4.18. The Bertz CT molecular complexity index is 281. The SMILES string of the molecule is COc1cccc(O)c1CC(C)O. The lowest BCUT2D eigenvalue weighted by molar-refractivity contribution is 0.193. The summed E-state index contributed by atoms with van der Waals surface area (Å²) in [7, 11) is 1.54. The highest BCUT2D eigenvalue weighted by molar-refractivity contribution is 5.44. The quantitative estimate of drug-likeness (QED) is 0.741. The van der Waals surface area contributed by atoms with Gasteiger partial charge in [0, 0.05) is 12.0 Å².